The molecule has 0 aliphatic rings. The predicted molar refractivity (Wildman–Crippen MR) is 78.4 cm³/mol. The van der Waals surface area contributed by atoms with Crippen LogP contribution in [0.25, 0.3) is 0 Å². The molecule has 0 spiro atoms. The first kappa shape index (κ1) is 15.9. The van der Waals surface area contributed by atoms with Crippen molar-refractivity contribution in [1.82, 2.24) is 4.98 Å². The van der Waals surface area contributed by atoms with E-state index < -0.39 is 0 Å². The van der Waals surface area contributed by atoms with E-state index in [4.69, 9.17) is 9.47 Å². The molecule has 0 unspecified atom stereocenters. The fraction of sp³-hybridized carbons (Fsp3) is 0.667. The van der Waals surface area contributed by atoms with Crippen LogP contribution in [0, 0.1) is 0 Å². The zero-order valence-electron chi connectivity index (χ0n) is 12.2. The average molecular weight is 266 g/mol. The number of nitrogens with one attached hydrogen (secondary N) is 1. The Hall–Kier alpha value is -1.13. The van der Waals surface area contributed by atoms with Crippen molar-refractivity contribution in [3.8, 4) is 0 Å². The number of pyridine rings is 1. The Kier molecular flexibility index (Phi) is 9.02. The summed E-state index contributed by atoms with van der Waals surface area (Å²) in [6.45, 7) is 8.00. The van der Waals surface area contributed by atoms with E-state index in [1.807, 2.05) is 18.3 Å². The van der Waals surface area contributed by atoms with E-state index in [9.17, 15) is 0 Å². The zero-order chi connectivity index (χ0) is 13.8. The number of hydrogen-bond acceptors (Lipinski definition) is 4. The average Bonchev–Trinajstić information content (AvgIpc) is 2.44. The summed E-state index contributed by atoms with van der Waals surface area (Å²) in [7, 11) is 0. The van der Waals surface area contributed by atoms with Gasteiger partial charge in [0.25, 0.3) is 0 Å². The Labute approximate surface area is 116 Å². The lowest BCUT2D eigenvalue weighted by Gasteiger charge is -2.08. The molecule has 0 fully saturated rings. The van der Waals surface area contributed by atoms with Crippen molar-refractivity contribution in [2.24, 2.45) is 0 Å². The van der Waals surface area contributed by atoms with E-state index in [-0.39, 0.29) is 0 Å². The second kappa shape index (κ2) is 10.8. The van der Waals surface area contributed by atoms with Crippen molar-refractivity contribution in [2.75, 3.05) is 31.7 Å². The van der Waals surface area contributed by atoms with Crippen molar-refractivity contribution in [1.29, 1.82) is 0 Å². The number of aromatic nitrogens is 1. The van der Waals surface area contributed by atoms with Gasteiger partial charge in [-0.2, -0.15) is 0 Å². The predicted octanol–water partition coefficient (Wildman–Crippen LogP) is 3.24. The van der Waals surface area contributed by atoms with Gasteiger partial charge in [0.1, 0.15) is 5.82 Å². The second-order valence-electron chi connectivity index (χ2n) is 4.49. The van der Waals surface area contributed by atoms with Crippen molar-refractivity contribution in [3.05, 3.63) is 23.9 Å². The number of rotatable bonds is 11. The number of anilines is 1. The zero-order valence-corrected chi connectivity index (χ0v) is 12.2. The van der Waals surface area contributed by atoms with Crippen LogP contribution in [0.4, 0.5) is 5.82 Å². The molecule has 0 bridgehead atoms. The Morgan fingerprint density at radius 1 is 1.11 bits per heavy atom. The summed E-state index contributed by atoms with van der Waals surface area (Å²) in [5, 5.41) is 3.27. The van der Waals surface area contributed by atoms with Crippen molar-refractivity contribution < 1.29 is 9.47 Å². The van der Waals surface area contributed by atoms with Crippen molar-refractivity contribution in [2.45, 2.75) is 39.7 Å². The molecule has 1 heterocycles. The van der Waals surface area contributed by atoms with Gasteiger partial charge in [-0.15, -0.1) is 0 Å². The number of unbranched alkanes of at least 4 members (excludes halogenated alkanes) is 1. The highest BCUT2D eigenvalue weighted by Crippen LogP contribution is 2.08. The quantitative estimate of drug-likeness (QED) is 0.624. The van der Waals surface area contributed by atoms with Gasteiger partial charge in [-0.05, 0) is 30.5 Å². The molecule has 0 amide bonds. The summed E-state index contributed by atoms with van der Waals surface area (Å²) >= 11 is 0. The molecule has 108 valence electrons. The van der Waals surface area contributed by atoms with E-state index in [1.165, 1.54) is 6.42 Å². The minimum absolute atomic E-state index is 0.612. The molecule has 1 aromatic heterocycles. The molecule has 1 rings (SSSR count). The highest BCUT2D eigenvalue weighted by Gasteiger charge is 1.97. The first-order valence-electron chi connectivity index (χ1n) is 7.21. The van der Waals surface area contributed by atoms with Gasteiger partial charge in [-0.25, -0.2) is 4.98 Å². The van der Waals surface area contributed by atoms with Gasteiger partial charge >= 0.3 is 0 Å². The largest absolute Gasteiger partial charge is 0.379 e. The molecule has 1 N–H and O–H groups in total. The first-order chi connectivity index (χ1) is 9.36. The van der Waals surface area contributed by atoms with Crippen LogP contribution in [0.15, 0.2) is 18.3 Å². The third-order valence-electron chi connectivity index (χ3n) is 2.66. The smallest absolute Gasteiger partial charge is 0.126 e. The molecular formula is C15H26N2O2. The SMILES string of the molecule is CCCCOCCOCc1ccnc(NCCC)c1. The molecule has 4 heteroatoms. The van der Waals surface area contributed by atoms with Crippen molar-refractivity contribution >= 4 is 5.82 Å². The summed E-state index contributed by atoms with van der Waals surface area (Å²) in [5.74, 6) is 0.919. The number of nitrogens with zero attached hydrogens (tertiary/aromatic N) is 1. The maximum absolute atomic E-state index is 5.58. The van der Waals surface area contributed by atoms with Crippen LogP contribution in [0.3, 0.4) is 0 Å². The summed E-state index contributed by atoms with van der Waals surface area (Å²) < 4.78 is 11.0. The molecule has 0 aliphatic heterocycles. The van der Waals surface area contributed by atoms with Crippen LogP contribution in [0.5, 0.6) is 0 Å². The highest BCUT2D eigenvalue weighted by molar-refractivity contribution is 5.37. The minimum Gasteiger partial charge on any atom is -0.379 e. The van der Waals surface area contributed by atoms with Crippen LogP contribution >= 0.6 is 0 Å². The number of hydrogen-bond donors (Lipinski definition) is 1. The van der Waals surface area contributed by atoms with Gasteiger partial charge in [0.05, 0.1) is 19.8 Å². The standard InChI is InChI=1S/C15H26N2O2/c1-3-5-9-18-10-11-19-13-14-6-8-17-15(12-14)16-7-4-2/h6,8,12H,3-5,7,9-11,13H2,1-2H3,(H,16,17). The van der Waals surface area contributed by atoms with E-state index in [1.54, 1.807) is 0 Å². The molecule has 0 saturated carbocycles. The second-order valence-corrected chi connectivity index (χ2v) is 4.49. The van der Waals surface area contributed by atoms with E-state index in [0.29, 0.717) is 19.8 Å². The van der Waals surface area contributed by atoms with Crippen LogP contribution in [0.1, 0.15) is 38.7 Å². The molecule has 0 aromatic carbocycles. The third-order valence-corrected chi connectivity index (χ3v) is 2.66. The molecule has 19 heavy (non-hydrogen) atoms. The van der Waals surface area contributed by atoms with Gasteiger partial charge in [0.15, 0.2) is 0 Å². The lowest BCUT2D eigenvalue weighted by molar-refractivity contribution is 0.0397. The van der Waals surface area contributed by atoms with E-state index in [2.05, 4.69) is 24.1 Å². The van der Waals surface area contributed by atoms with Crippen LogP contribution in [0.2, 0.25) is 0 Å². The maximum atomic E-state index is 5.58. The topological polar surface area (TPSA) is 43.4 Å². The van der Waals surface area contributed by atoms with Crippen molar-refractivity contribution in [3.63, 3.8) is 0 Å². The van der Waals surface area contributed by atoms with Crippen LogP contribution < -0.4 is 5.32 Å². The van der Waals surface area contributed by atoms with Crippen LogP contribution in [-0.2, 0) is 16.1 Å². The lowest BCUT2D eigenvalue weighted by atomic mass is 10.3. The Morgan fingerprint density at radius 2 is 1.95 bits per heavy atom. The van der Waals surface area contributed by atoms with Gasteiger partial charge in [-0.3, -0.25) is 0 Å². The summed E-state index contributed by atoms with van der Waals surface area (Å²) in [4.78, 5) is 4.26. The van der Waals surface area contributed by atoms with Gasteiger partial charge in [-0.1, -0.05) is 20.3 Å². The monoisotopic (exact) mass is 266 g/mol. The van der Waals surface area contributed by atoms with Gasteiger partial charge in [0, 0.05) is 19.3 Å². The first-order valence-corrected chi connectivity index (χ1v) is 7.21. The van der Waals surface area contributed by atoms with Gasteiger partial charge < -0.3 is 14.8 Å². The summed E-state index contributed by atoms with van der Waals surface area (Å²) in [6, 6.07) is 4.02. The molecule has 0 aliphatic carbocycles. The normalized spacial score (nSPS) is 10.6. The fourth-order valence-electron chi connectivity index (χ4n) is 1.57. The van der Waals surface area contributed by atoms with Crippen LogP contribution in [-0.4, -0.2) is 31.3 Å². The Bertz CT molecular complexity index is 332. The maximum Gasteiger partial charge on any atom is 0.126 e. The fourth-order valence-corrected chi connectivity index (χ4v) is 1.57. The highest BCUT2D eigenvalue weighted by atomic mass is 16.5. The summed E-state index contributed by atoms with van der Waals surface area (Å²) in [6.07, 6.45) is 5.20. The molecule has 0 atom stereocenters. The van der Waals surface area contributed by atoms with Gasteiger partial charge in [0.2, 0.25) is 0 Å². The lowest BCUT2D eigenvalue weighted by Crippen LogP contribution is -2.06. The summed E-state index contributed by atoms with van der Waals surface area (Å²) in [5.41, 5.74) is 1.14. The van der Waals surface area contributed by atoms with E-state index in [0.717, 1.165) is 37.4 Å². The molecular weight excluding hydrogens is 240 g/mol. The minimum atomic E-state index is 0.612. The molecule has 4 nitrogen and oxygen atoms in total. The molecule has 0 radical (unpaired) electrons. The Morgan fingerprint density at radius 3 is 2.74 bits per heavy atom. The van der Waals surface area contributed by atoms with E-state index >= 15 is 0 Å². The molecule has 1 aromatic rings. The third kappa shape index (κ3) is 7.80. The molecule has 0 saturated heterocycles. The Balaban J connectivity index is 2.14. The number of ether oxygens (including phenoxy) is 2.